The van der Waals surface area contributed by atoms with Gasteiger partial charge in [-0.15, -0.1) is 0 Å². The lowest BCUT2D eigenvalue weighted by Gasteiger charge is -2.28. The number of oxime groups is 1. The molecule has 1 aliphatic carbocycles. The van der Waals surface area contributed by atoms with Crippen LogP contribution in [0.25, 0.3) is 0 Å². The molecule has 0 aromatic carbocycles. The SMILES string of the molecule is O/N=C1/CCCCCCCCCCC1N1CCCC1. The zero-order chi connectivity index (χ0) is 13.3. The van der Waals surface area contributed by atoms with Crippen molar-refractivity contribution in [2.75, 3.05) is 13.1 Å². The van der Waals surface area contributed by atoms with Crippen molar-refractivity contribution in [1.29, 1.82) is 0 Å². The Bertz CT molecular complexity index is 272. The lowest BCUT2D eigenvalue weighted by molar-refractivity contribution is 0.261. The van der Waals surface area contributed by atoms with Gasteiger partial charge in [0.05, 0.1) is 11.8 Å². The molecular weight excluding hydrogens is 236 g/mol. The molecule has 2 fully saturated rings. The molecule has 3 nitrogen and oxygen atoms in total. The van der Waals surface area contributed by atoms with E-state index >= 15 is 0 Å². The monoisotopic (exact) mass is 266 g/mol. The van der Waals surface area contributed by atoms with Gasteiger partial charge in [-0.05, 0) is 45.2 Å². The van der Waals surface area contributed by atoms with Crippen LogP contribution in [0.15, 0.2) is 5.16 Å². The van der Waals surface area contributed by atoms with Crippen LogP contribution in [0.5, 0.6) is 0 Å². The van der Waals surface area contributed by atoms with Crippen LogP contribution in [0, 0.1) is 0 Å². The van der Waals surface area contributed by atoms with Crippen LogP contribution < -0.4 is 0 Å². The average molecular weight is 266 g/mol. The standard InChI is InChI=1S/C16H30N2O/c19-17-15-11-7-5-3-1-2-4-6-8-12-16(15)18-13-9-10-14-18/h16,19H,1-14H2/b17-15-. The topological polar surface area (TPSA) is 35.8 Å². The number of nitrogens with zero attached hydrogens (tertiary/aromatic N) is 2. The second-order valence-corrected chi connectivity index (χ2v) is 6.22. The largest absolute Gasteiger partial charge is 0.411 e. The first-order valence-electron chi connectivity index (χ1n) is 8.36. The van der Waals surface area contributed by atoms with Gasteiger partial charge in [0, 0.05) is 0 Å². The molecule has 19 heavy (non-hydrogen) atoms. The van der Waals surface area contributed by atoms with E-state index in [-0.39, 0.29) is 0 Å². The van der Waals surface area contributed by atoms with Crippen molar-refractivity contribution >= 4 is 5.71 Å². The summed E-state index contributed by atoms with van der Waals surface area (Å²) in [5.41, 5.74) is 1.06. The Morgan fingerprint density at radius 1 is 0.789 bits per heavy atom. The zero-order valence-electron chi connectivity index (χ0n) is 12.3. The minimum atomic E-state index is 0.423. The van der Waals surface area contributed by atoms with Gasteiger partial charge in [0.1, 0.15) is 0 Å². The Kier molecular flexibility index (Phi) is 6.69. The van der Waals surface area contributed by atoms with Crippen molar-refractivity contribution in [2.45, 2.75) is 83.1 Å². The summed E-state index contributed by atoms with van der Waals surface area (Å²) in [6, 6.07) is 0.423. The van der Waals surface area contributed by atoms with E-state index in [0.717, 1.165) is 12.1 Å². The summed E-state index contributed by atoms with van der Waals surface area (Å²) in [4.78, 5) is 2.56. The highest BCUT2D eigenvalue weighted by molar-refractivity contribution is 5.89. The minimum Gasteiger partial charge on any atom is -0.411 e. The van der Waals surface area contributed by atoms with Crippen molar-refractivity contribution in [1.82, 2.24) is 4.90 Å². The van der Waals surface area contributed by atoms with Crippen molar-refractivity contribution in [2.24, 2.45) is 5.16 Å². The summed E-state index contributed by atoms with van der Waals surface area (Å²) in [6.45, 7) is 2.40. The summed E-state index contributed by atoms with van der Waals surface area (Å²) in [5, 5.41) is 13.1. The maximum Gasteiger partial charge on any atom is 0.0742 e. The Hall–Kier alpha value is -0.570. The van der Waals surface area contributed by atoms with E-state index in [4.69, 9.17) is 0 Å². The molecule has 110 valence electrons. The molecule has 2 aliphatic rings. The van der Waals surface area contributed by atoms with Gasteiger partial charge in [-0.25, -0.2) is 0 Å². The van der Waals surface area contributed by atoms with Gasteiger partial charge < -0.3 is 5.21 Å². The van der Waals surface area contributed by atoms with Gasteiger partial charge in [-0.1, -0.05) is 50.1 Å². The highest BCUT2D eigenvalue weighted by Crippen LogP contribution is 2.22. The summed E-state index contributed by atoms with van der Waals surface area (Å²) < 4.78 is 0. The van der Waals surface area contributed by atoms with Crippen LogP contribution in [-0.2, 0) is 0 Å². The Morgan fingerprint density at radius 2 is 1.37 bits per heavy atom. The van der Waals surface area contributed by atoms with Gasteiger partial charge in [-0.2, -0.15) is 0 Å². The fourth-order valence-corrected chi connectivity index (χ4v) is 3.60. The van der Waals surface area contributed by atoms with E-state index in [9.17, 15) is 5.21 Å². The highest BCUT2D eigenvalue weighted by Gasteiger charge is 2.26. The minimum absolute atomic E-state index is 0.423. The van der Waals surface area contributed by atoms with Gasteiger partial charge in [0.2, 0.25) is 0 Å². The number of likely N-dealkylation sites (tertiary alicyclic amines) is 1. The second-order valence-electron chi connectivity index (χ2n) is 6.22. The molecule has 1 N–H and O–H groups in total. The zero-order valence-corrected chi connectivity index (χ0v) is 12.3. The molecular formula is C16H30N2O. The molecule has 2 rings (SSSR count). The molecule has 0 spiro atoms. The van der Waals surface area contributed by atoms with Crippen LogP contribution in [0.3, 0.4) is 0 Å². The first-order valence-corrected chi connectivity index (χ1v) is 8.36. The van der Waals surface area contributed by atoms with Crippen LogP contribution in [-0.4, -0.2) is 35.0 Å². The lowest BCUT2D eigenvalue weighted by Crippen LogP contribution is -2.39. The molecule has 3 heteroatoms. The molecule has 1 unspecified atom stereocenters. The third-order valence-corrected chi connectivity index (χ3v) is 4.75. The summed E-state index contributed by atoms with van der Waals surface area (Å²) >= 11 is 0. The van der Waals surface area contributed by atoms with Crippen LogP contribution in [0.2, 0.25) is 0 Å². The van der Waals surface area contributed by atoms with Crippen LogP contribution in [0.4, 0.5) is 0 Å². The van der Waals surface area contributed by atoms with Gasteiger partial charge >= 0.3 is 0 Å². The van der Waals surface area contributed by atoms with Crippen LogP contribution >= 0.6 is 0 Å². The molecule has 0 amide bonds. The Labute approximate surface area is 118 Å². The third-order valence-electron chi connectivity index (χ3n) is 4.75. The average Bonchev–Trinajstić information content (AvgIpc) is 2.93. The first kappa shape index (κ1) is 14.8. The van der Waals surface area contributed by atoms with Gasteiger partial charge in [0.25, 0.3) is 0 Å². The second kappa shape index (κ2) is 8.57. The molecule has 1 saturated heterocycles. The molecule has 0 aromatic heterocycles. The van der Waals surface area contributed by atoms with E-state index in [2.05, 4.69) is 10.1 Å². The van der Waals surface area contributed by atoms with Crippen molar-refractivity contribution in [3.63, 3.8) is 0 Å². The predicted molar refractivity (Wildman–Crippen MR) is 80.0 cm³/mol. The molecule has 1 saturated carbocycles. The molecule has 0 aromatic rings. The fraction of sp³-hybridized carbons (Fsp3) is 0.938. The number of hydrogen-bond acceptors (Lipinski definition) is 3. The highest BCUT2D eigenvalue weighted by atomic mass is 16.4. The van der Waals surface area contributed by atoms with Gasteiger partial charge in [-0.3, -0.25) is 4.90 Å². The van der Waals surface area contributed by atoms with Crippen molar-refractivity contribution in [3.8, 4) is 0 Å². The summed E-state index contributed by atoms with van der Waals surface area (Å²) in [7, 11) is 0. The van der Waals surface area contributed by atoms with Gasteiger partial charge in [0.15, 0.2) is 0 Å². The number of rotatable bonds is 1. The maximum absolute atomic E-state index is 9.39. The van der Waals surface area contributed by atoms with E-state index < -0.39 is 0 Å². The molecule has 1 heterocycles. The lowest BCUT2D eigenvalue weighted by atomic mass is 9.95. The third kappa shape index (κ3) is 4.79. The number of hydrogen-bond donors (Lipinski definition) is 1. The van der Waals surface area contributed by atoms with Crippen molar-refractivity contribution in [3.05, 3.63) is 0 Å². The Morgan fingerprint density at radius 3 is 2.00 bits per heavy atom. The predicted octanol–water partition coefficient (Wildman–Crippen LogP) is 4.20. The maximum atomic E-state index is 9.39. The van der Waals surface area contributed by atoms with E-state index in [1.807, 2.05) is 0 Å². The summed E-state index contributed by atoms with van der Waals surface area (Å²) in [6.07, 6.45) is 15.5. The molecule has 1 aliphatic heterocycles. The summed E-state index contributed by atoms with van der Waals surface area (Å²) in [5.74, 6) is 0. The van der Waals surface area contributed by atoms with E-state index in [1.54, 1.807) is 0 Å². The Balaban J connectivity index is 1.95. The quantitative estimate of drug-likeness (QED) is 0.570. The fourth-order valence-electron chi connectivity index (χ4n) is 3.60. The molecule has 0 radical (unpaired) electrons. The van der Waals surface area contributed by atoms with Crippen LogP contribution in [0.1, 0.15) is 77.0 Å². The van der Waals surface area contributed by atoms with E-state index in [1.165, 1.54) is 83.7 Å². The first-order chi connectivity index (χ1) is 9.42. The van der Waals surface area contributed by atoms with E-state index in [0.29, 0.717) is 6.04 Å². The molecule has 1 atom stereocenters. The normalized spacial score (nSPS) is 30.9. The smallest absolute Gasteiger partial charge is 0.0742 e. The molecule has 0 bridgehead atoms. The van der Waals surface area contributed by atoms with Crippen molar-refractivity contribution < 1.29 is 5.21 Å².